The molecule has 1 aliphatic heterocycles. The first kappa shape index (κ1) is 28.6. The summed E-state index contributed by atoms with van der Waals surface area (Å²) in [5.41, 5.74) is 6.98. The van der Waals surface area contributed by atoms with E-state index in [9.17, 15) is 4.79 Å². The number of pyridine rings is 1. The molecule has 0 bridgehead atoms. The van der Waals surface area contributed by atoms with Crippen molar-refractivity contribution < 1.29 is 9.53 Å². The number of anilines is 2. The zero-order valence-electron chi connectivity index (χ0n) is 23.7. The summed E-state index contributed by atoms with van der Waals surface area (Å²) in [5, 5.41) is 7.07. The molecular formula is C34H30BrN5O2S. The number of nitrogens with one attached hydrogen (secondary N) is 2. The van der Waals surface area contributed by atoms with Crippen molar-refractivity contribution in [3.05, 3.63) is 136 Å². The van der Waals surface area contributed by atoms with E-state index in [1.807, 2.05) is 91.1 Å². The second-order valence-electron chi connectivity index (χ2n) is 10.3. The highest BCUT2D eigenvalue weighted by molar-refractivity contribution is 9.10. The van der Waals surface area contributed by atoms with Crippen molar-refractivity contribution in [1.82, 2.24) is 14.9 Å². The van der Waals surface area contributed by atoms with Gasteiger partial charge in [0.15, 0.2) is 11.7 Å². The van der Waals surface area contributed by atoms with Crippen LogP contribution in [0.2, 0.25) is 0 Å². The topological polar surface area (TPSA) is 71.4 Å². The lowest BCUT2D eigenvalue weighted by Gasteiger charge is -2.28. The Kier molecular flexibility index (Phi) is 8.26. The third-order valence-corrected chi connectivity index (χ3v) is 8.30. The molecule has 5 aromatic rings. The summed E-state index contributed by atoms with van der Waals surface area (Å²) in [6, 6.07) is 33.1. The van der Waals surface area contributed by atoms with E-state index in [2.05, 4.69) is 68.1 Å². The zero-order chi connectivity index (χ0) is 29.9. The second-order valence-corrected chi connectivity index (χ2v) is 11.6. The molecule has 43 heavy (non-hydrogen) atoms. The highest BCUT2D eigenvalue weighted by Crippen LogP contribution is 2.44. The fourth-order valence-corrected chi connectivity index (χ4v) is 6.35. The summed E-state index contributed by atoms with van der Waals surface area (Å²) in [4.78, 5) is 19.4. The Bertz CT molecular complexity index is 1760. The molecular weight excluding hydrogens is 622 g/mol. The predicted molar refractivity (Wildman–Crippen MR) is 178 cm³/mol. The number of thiocarbonyl (C=S) groups is 1. The van der Waals surface area contributed by atoms with Gasteiger partial charge in [-0.05, 0) is 104 Å². The number of ether oxygens (including phenoxy) is 1. The molecule has 6 rings (SSSR count). The summed E-state index contributed by atoms with van der Waals surface area (Å²) < 4.78 is 8.87. The number of carbonyl (C=O) groups excluding carboxylic acids is 1. The smallest absolute Gasteiger partial charge is 0.262 e. The van der Waals surface area contributed by atoms with Gasteiger partial charge in [-0.3, -0.25) is 9.78 Å². The molecule has 1 aliphatic rings. The SMILES string of the molecule is Cc1cc(C2C(c3ccccn3)NC(=S)N2c2ccc(NC(=O)COc3ccccc3)cc2)c(C)n1-c1cccc(Br)c1. The van der Waals surface area contributed by atoms with Gasteiger partial charge in [0.25, 0.3) is 5.91 Å². The zero-order valence-corrected chi connectivity index (χ0v) is 26.1. The Morgan fingerprint density at radius 3 is 2.44 bits per heavy atom. The van der Waals surface area contributed by atoms with Gasteiger partial charge in [0.1, 0.15) is 5.75 Å². The predicted octanol–water partition coefficient (Wildman–Crippen LogP) is 7.45. The molecule has 0 radical (unpaired) electrons. The largest absolute Gasteiger partial charge is 0.484 e. The number of benzene rings is 3. The molecule has 2 N–H and O–H groups in total. The van der Waals surface area contributed by atoms with E-state index in [4.69, 9.17) is 21.9 Å². The molecule has 3 heterocycles. The molecule has 7 nitrogen and oxygen atoms in total. The molecule has 0 saturated carbocycles. The summed E-state index contributed by atoms with van der Waals surface area (Å²) in [5.74, 6) is 0.416. The van der Waals surface area contributed by atoms with Crippen molar-refractivity contribution in [3.63, 3.8) is 0 Å². The minimum atomic E-state index is -0.233. The van der Waals surface area contributed by atoms with Crippen LogP contribution < -0.4 is 20.3 Å². The van der Waals surface area contributed by atoms with Crippen LogP contribution in [-0.2, 0) is 4.79 Å². The van der Waals surface area contributed by atoms with Gasteiger partial charge >= 0.3 is 0 Å². The monoisotopic (exact) mass is 651 g/mol. The van der Waals surface area contributed by atoms with Crippen molar-refractivity contribution in [1.29, 1.82) is 0 Å². The summed E-state index contributed by atoms with van der Waals surface area (Å²) in [7, 11) is 0. The Morgan fingerprint density at radius 1 is 0.953 bits per heavy atom. The number of hydrogen-bond donors (Lipinski definition) is 2. The maximum atomic E-state index is 12.5. The molecule has 216 valence electrons. The third kappa shape index (κ3) is 6.04. The number of amides is 1. The van der Waals surface area contributed by atoms with Crippen LogP contribution in [0.4, 0.5) is 11.4 Å². The fraction of sp³-hybridized carbons (Fsp3) is 0.147. The molecule has 9 heteroatoms. The van der Waals surface area contributed by atoms with E-state index in [-0.39, 0.29) is 24.6 Å². The number of hydrogen-bond acceptors (Lipinski definition) is 4. The number of rotatable bonds is 8. The van der Waals surface area contributed by atoms with Crippen molar-refractivity contribution in [2.75, 3.05) is 16.8 Å². The van der Waals surface area contributed by atoms with E-state index in [0.29, 0.717) is 16.5 Å². The van der Waals surface area contributed by atoms with Crippen LogP contribution in [0, 0.1) is 13.8 Å². The molecule has 0 spiro atoms. The maximum absolute atomic E-state index is 12.5. The highest BCUT2D eigenvalue weighted by atomic mass is 79.9. The number of nitrogens with zero attached hydrogens (tertiary/aromatic N) is 3. The number of aromatic nitrogens is 2. The van der Waals surface area contributed by atoms with Crippen LogP contribution in [0.15, 0.2) is 114 Å². The van der Waals surface area contributed by atoms with Gasteiger partial charge in [-0.2, -0.15) is 0 Å². The quantitative estimate of drug-likeness (QED) is 0.170. The van der Waals surface area contributed by atoms with Gasteiger partial charge in [0.05, 0.1) is 17.8 Å². The number of halogens is 1. The molecule has 1 fully saturated rings. The Balaban J connectivity index is 1.31. The van der Waals surface area contributed by atoms with Crippen LogP contribution in [0.5, 0.6) is 5.75 Å². The summed E-state index contributed by atoms with van der Waals surface area (Å²) in [6.07, 6.45) is 1.81. The summed E-state index contributed by atoms with van der Waals surface area (Å²) in [6.45, 7) is 4.19. The molecule has 1 saturated heterocycles. The fourth-order valence-electron chi connectivity index (χ4n) is 5.62. The lowest BCUT2D eigenvalue weighted by atomic mass is 9.96. The number of carbonyl (C=O) groups is 1. The average Bonchev–Trinajstić information content (AvgIpc) is 3.52. The normalized spacial score (nSPS) is 16.2. The molecule has 2 aromatic heterocycles. The van der Waals surface area contributed by atoms with E-state index in [1.165, 1.54) is 0 Å². The molecule has 0 aliphatic carbocycles. The minimum Gasteiger partial charge on any atom is -0.484 e. The Labute approximate surface area is 264 Å². The molecule has 1 amide bonds. The number of para-hydroxylation sites is 1. The standard InChI is InChI=1S/C34H30BrN5O2S/c1-22-19-29(23(2)39(22)27-10-8-9-24(35)20-27)33-32(30-13-6-7-18-36-30)38-34(43)40(33)26-16-14-25(15-17-26)37-31(41)21-42-28-11-4-3-5-12-28/h3-20,32-33H,21H2,1-2H3,(H,37,41)(H,38,43). The van der Waals surface area contributed by atoms with Gasteiger partial charge < -0.3 is 24.8 Å². The van der Waals surface area contributed by atoms with Gasteiger partial charge in [0.2, 0.25) is 0 Å². The Hall–Kier alpha value is -4.47. The van der Waals surface area contributed by atoms with Crippen molar-refractivity contribution in [2.24, 2.45) is 0 Å². The first-order valence-corrected chi connectivity index (χ1v) is 15.1. The van der Waals surface area contributed by atoms with Crippen LogP contribution in [-0.4, -0.2) is 27.2 Å². The minimum absolute atomic E-state index is 0.0761. The van der Waals surface area contributed by atoms with E-state index >= 15 is 0 Å². The first-order valence-electron chi connectivity index (χ1n) is 13.9. The first-order chi connectivity index (χ1) is 20.9. The van der Waals surface area contributed by atoms with Gasteiger partial charge in [-0.1, -0.05) is 46.3 Å². The van der Waals surface area contributed by atoms with E-state index in [0.717, 1.165) is 38.5 Å². The van der Waals surface area contributed by atoms with Crippen molar-refractivity contribution >= 4 is 50.5 Å². The van der Waals surface area contributed by atoms with E-state index in [1.54, 1.807) is 0 Å². The van der Waals surface area contributed by atoms with Crippen molar-refractivity contribution in [3.8, 4) is 11.4 Å². The lowest BCUT2D eigenvalue weighted by molar-refractivity contribution is -0.118. The second kappa shape index (κ2) is 12.4. The maximum Gasteiger partial charge on any atom is 0.262 e. The number of aryl methyl sites for hydroxylation is 1. The van der Waals surface area contributed by atoms with Crippen molar-refractivity contribution in [2.45, 2.75) is 25.9 Å². The van der Waals surface area contributed by atoms with Crippen LogP contribution in [0.3, 0.4) is 0 Å². The molecule has 2 atom stereocenters. The van der Waals surface area contributed by atoms with Gasteiger partial charge in [-0.15, -0.1) is 0 Å². The van der Waals surface area contributed by atoms with Crippen LogP contribution in [0.1, 0.15) is 34.7 Å². The van der Waals surface area contributed by atoms with Gasteiger partial charge in [0, 0.05) is 39.1 Å². The third-order valence-electron chi connectivity index (χ3n) is 7.50. The molecule has 3 aromatic carbocycles. The van der Waals surface area contributed by atoms with Crippen LogP contribution >= 0.6 is 28.1 Å². The van der Waals surface area contributed by atoms with Gasteiger partial charge in [-0.25, -0.2) is 0 Å². The van der Waals surface area contributed by atoms with Crippen LogP contribution in [0.25, 0.3) is 5.69 Å². The average molecular weight is 653 g/mol. The Morgan fingerprint density at radius 2 is 1.72 bits per heavy atom. The molecule has 2 unspecified atom stereocenters. The van der Waals surface area contributed by atoms with E-state index < -0.39 is 0 Å². The highest BCUT2D eigenvalue weighted by Gasteiger charge is 2.42. The lowest BCUT2D eigenvalue weighted by Crippen LogP contribution is -2.29. The summed E-state index contributed by atoms with van der Waals surface area (Å²) >= 11 is 9.56.